The second-order valence-electron chi connectivity index (χ2n) is 8.96. The molecule has 39 heavy (non-hydrogen) atoms. The quantitative estimate of drug-likeness (QED) is 0.332. The van der Waals surface area contributed by atoms with Crippen LogP contribution in [0.1, 0.15) is 16.7 Å². The SMILES string of the molecule is O=C1NC(=O)C(Cc2cccc(Cn3c(=O)n(-c4noc5cc(Cl)ccc45)c4ccc(C(F)(F)F)cc43)c2)O1. The van der Waals surface area contributed by atoms with Gasteiger partial charge in [-0.25, -0.2) is 14.2 Å². The molecule has 3 aromatic carbocycles. The number of alkyl carbamates (subject to hydrolysis) is 1. The lowest BCUT2D eigenvalue weighted by molar-refractivity contribution is -0.137. The Morgan fingerprint density at radius 1 is 0.974 bits per heavy atom. The van der Waals surface area contributed by atoms with Gasteiger partial charge in [-0.05, 0) is 41.5 Å². The Morgan fingerprint density at radius 2 is 1.77 bits per heavy atom. The minimum atomic E-state index is -4.63. The molecule has 0 radical (unpaired) electrons. The number of carbonyl (C=O) groups is 2. The number of alkyl halides is 3. The standard InChI is InChI=1S/C26H16ClF3N4O5/c27-16-5-6-17-20(11-16)39-32-22(17)34-18-7-4-15(26(28,29)30)10-19(18)33(25(34)37)12-14-3-1-2-13(8-14)9-21-23(35)31-24(36)38-21/h1-8,10-11,21H,9,12H2,(H,31,35,36). The van der Waals surface area contributed by atoms with E-state index in [-0.39, 0.29) is 29.8 Å². The van der Waals surface area contributed by atoms with E-state index in [0.717, 1.165) is 12.1 Å². The van der Waals surface area contributed by atoms with E-state index >= 15 is 0 Å². The molecule has 6 rings (SSSR count). The van der Waals surface area contributed by atoms with E-state index in [1.54, 1.807) is 36.4 Å². The molecule has 0 bridgehead atoms. The van der Waals surface area contributed by atoms with Crippen LogP contribution in [-0.4, -0.2) is 32.4 Å². The lowest BCUT2D eigenvalue weighted by Gasteiger charge is -2.10. The number of amides is 2. The Balaban J connectivity index is 1.46. The van der Waals surface area contributed by atoms with E-state index in [1.165, 1.54) is 21.3 Å². The smallest absolute Gasteiger partial charge is 0.416 e. The maximum atomic E-state index is 13.7. The highest BCUT2D eigenvalue weighted by Gasteiger charge is 2.33. The average molecular weight is 557 g/mol. The van der Waals surface area contributed by atoms with Gasteiger partial charge in [0.25, 0.3) is 5.91 Å². The number of hydrogen-bond donors (Lipinski definition) is 1. The predicted octanol–water partition coefficient (Wildman–Crippen LogP) is 4.83. The third kappa shape index (κ3) is 4.42. The molecule has 0 saturated carbocycles. The zero-order valence-electron chi connectivity index (χ0n) is 19.7. The Labute approximate surface area is 221 Å². The first-order valence-electron chi connectivity index (χ1n) is 11.6. The van der Waals surface area contributed by atoms with Crippen molar-refractivity contribution in [3.05, 3.63) is 92.9 Å². The minimum Gasteiger partial charge on any atom is -0.435 e. The van der Waals surface area contributed by atoms with Crippen LogP contribution in [0.2, 0.25) is 5.02 Å². The fraction of sp³-hybridized carbons (Fsp3) is 0.154. The van der Waals surface area contributed by atoms with Crippen LogP contribution in [0.15, 0.2) is 70.0 Å². The highest BCUT2D eigenvalue weighted by molar-refractivity contribution is 6.31. The first-order chi connectivity index (χ1) is 18.6. The molecule has 198 valence electrons. The lowest BCUT2D eigenvalue weighted by Crippen LogP contribution is -2.26. The monoisotopic (exact) mass is 556 g/mol. The molecule has 0 spiro atoms. The van der Waals surface area contributed by atoms with Crippen molar-refractivity contribution in [3.63, 3.8) is 0 Å². The lowest BCUT2D eigenvalue weighted by atomic mass is 10.0. The van der Waals surface area contributed by atoms with E-state index in [9.17, 15) is 27.6 Å². The normalized spacial score (nSPS) is 15.7. The third-order valence-corrected chi connectivity index (χ3v) is 6.64. The van der Waals surface area contributed by atoms with Gasteiger partial charge in [-0.15, -0.1) is 0 Å². The Kier molecular flexibility index (Phi) is 5.72. The fourth-order valence-corrected chi connectivity index (χ4v) is 4.79. The zero-order chi connectivity index (χ0) is 27.5. The van der Waals surface area contributed by atoms with Crippen molar-refractivity contribution >= 4 is 45.6 Å². The largest absolute Gasteiger partial charge is 0.435 e. The highest BCUT2D eigenvalue weighted by atomic mass is 35.5. The van der Waals surface area contributed by atoms with Crippen LogP contribution in [0.25, 0.3) is 27.8 Å². The van der Waals surface area contributed by atoms with E-state index < -0.39 is 35.5 Å². The van der Waals surface area contributed by atoms with E-state index in [0.29, 0.717) is 27.1 Å². The van der Waals surface area contributed by atoms with Crippen molar-refractivity contribution in [1.82, 2.24) is 19.6 Å². The number of benzene rings is 3. The molecule has 1 saturated heterocycles. The molecule has 1 atom stereocenters. The van der Waals surface area contributed by atoms with Crippen molar-refractivity contribution in [2.75, 3.05) is 0 Å². The van der Waals surface area contributed by atoms with E-state index in [4.69, 9.17) is 20.9 Å². The summed E-state index contributed by atoms with van der Waals surface area (Å²) in [6.45, 7) is -0.0876. The first kappa shape index (κ1) is 24.7. The predicted molar refractivity (Wildman–Crippen MR) is 133 cm³/mol. The summed E-state index contributed by atoms with van der Waals surface area (Å²) in [7, 11) is 0. The summed E-state index contributed by atoms with van der Waals surface area (Å²) in [5.74, 6) is -0.455. The Bertz CT molecular complexity index is 1860. The summed E-state index contributed by atoms with van der Waals surface area (Å²) in [6.07, 6.45) is -6.37. The molecule has 1 unspecified atom stereocenters. The number of carbonyl (C=O) groups excluding carboxylic acids is 2. The third-order valence-electron chi connectivity index (χ3n) is 6.40. The molecule has 0 aliphatic carbocycles. The van der Waals surface area contributed by atoms with Gasteiger partial charge in [-0.2, -0.15) is 13.2 Å². The van der Waals surface area contributed by atoms with Crippen LogP contribution in [0, 0.1) is 0 Å². The zero-order valence-corrected chi connectivity index (χ0v) is 20.4. The van der Waals surface area contributed by atoms with Gasteiger partial charge in [0.15, 0.2) is 17.5 Å². The van der Waals surface area contributed by atoms with Crippen molar-refractivity contribution in [2.24, 2.45) is 0 Å². The van der Waals surface area contributed by atoms with Crippen LogP contribution in [-0.2, 0) is 28.7 Å². The van der Waals surface area contributed by atoms with Crippen LogP contribution >= 0.6 is 11.6 Å². The minimum absolute atomic E-state index is 0.0365. The molecule has 1 aliphatic rings. The summed E-state index contributed by atoms with van der Waals surface area (Å²) in [6, 6.07) is 14.5. The number of cyclic esters (lactones) is 1. The molecule has 1 aliphatic heterocycles. The van der Waals surface area contributed by atoms with Crippen molar-refractivity contribution in [2.45, 2.75) is 25.2 Å². The number of halogens is 4. The van der Waals surface area contributed by atoms with Gasteiger partial charge < -0.3 is 9.26 Å². The molecule has 3 heterocycles. The van der Waals surface area contributed by atoms with Crippen molar-refractivity contribution < 1.29 is 32.0 Å². The molecule has 13 heteroatoms. The average Bonchev–Trinajstić information content (AvgIpc) is 3.51. The van der Waals surface area contributed by atoms with Crippen LogP contribution in [0.5, 0.6) is 0 Å². The van der Waals surface area contributed by atoms with Gasteiger partial charge in [0.2, 0.25) is 0 Å². The van der Waals surface area contributed by atoms with Gasteiger partial charge in [0, 0.05) is 17.5 Å². The van der Waals surface area contributed by atoms with Crippen LogP contribution in [0.4, 0.5) is 18.0 Å². The number of nitrogens with zero attached hydrogens (tertiary/aromatic N) is 3. The topological polar surface area (TPSA) is 108 Å². The van der Waals surface area contributed by atoms with Crippen molar-refractivity contribution in [3.8, 4) is 5.82 Å². The number of hydrogen-bond acceptors (Lipinski definition) is 6. The number of ether oxygens (including phenoxy) is 1. The maximum Gasteiger partial charge on any atom is 0.416 e. The summed E-state index contributed by atoms with van der Waals surface area (Å²) >= 11 is 6.02. The van der Waals surface area contributed by atoms with E-state index in [2.05, 4.69) is 10.5 Å². The van der Waals surface area contributed by atoms with Gasteiger partial charge in [0.1, 0.15) is 0 Å². The molecule has 2 aromatic heterocycles. The van der Waals surface area contributed by atoms with Gasteiger partial charge >= 0.3 is 18.0 Å². The Hall–Kier alpha value is -4.58. The van der Waals surface area contributed by atoms with Crippen LogP contribution < -0.4 is 11.0 Å². The summed E-state index contributed by atoms with van der Waals surface area (Å²) < 4.78 is 53.5. The second kappa shape index (κ2) is 9.02. The first-order valence-corrected chi connectivity index (χ1v) is 11.9. The molecule has 1 fully saturated rings. The highest BCUT2D eigenvalue weighted by Crippen LogP contribution is 2.33. The molecule has 5 aromatic rings. The van der Waals surface area contributed by atoms with Crippen molar-refractivity contribution in [1.29, 1.82) is 0 Å². The number of rotatable bonds is 5. The summed E-state index contributed by atoms with van der Waals surface area (Å²) in [5.41, 5.74) is 0.200. The molecule has 2 amide bonds. The summed E-state index contributed by atoms with van der Waals surface area (Å²) in [4.78, 5) is 36.9. The van der Waals surface area contributed by atoms with E-state index in [1.807, 2.05) is 0 Å². The maximum absolute atomic E-state index is 13.7. The number of fused-ring (bicyclic) bond motifs is 2. The number of nitrogens with one attached hydrogen (secondary N) is 1. The number of imidazole rings is 1. The van der Waals surface area contributed by atoms with Gasteiger partial charge in [-0.3, -0.25) is 14.7 Å². The van der Waals surface area contributed by atoms with Gasteiger partial charge in [-0.1, -0.05) is 41.0 Å². The van der Waals surface area contributed by atoms with Gasteiger partial charge in [0.05, 0.1) is 28.5 Å². The Morgan fingerprint density at radius 3 is 2.51 bits per heavy atom. The molecular weight excluding hydrogens is 541 g/mol. The number of imide groups is 1. The number of aromatic nitrogens is 3. The molecular formula is C26H16ClF3N4O5. The summed E-state index contributed by atoms with van der Waals surface area (Å²) in [5, 5.41) is 6.90. The fourth-order valence-electron chi connectivity index (χ4n) is 4.63. The molecule has 9 nitrogen and oxygen atoms in total. The van der Waals surface area contributed by atoms with Crippen LogP contribution in [0.3, 0.4) is 0 Å². The second-order valence-corrected chi connectivity index (χ2v) is 9.40. The molecule has 1 N–H and O–H groups in total.